The van der Waals surface area contributed by atoms with Gasteiger partial charge in [0.2, 0.25) is 0 Å². The Kier molecular flexibility index (Phi) is 7.40. The van der Waals surface area contributed by atoms with Crippen LogP contribution in [0.3, 0.4) is 0 Å². The molecule has 1 fully saturated rings. The summed E-state index contributed by atoms with van der Waals surface area (Å²) in [6.07, 6.45) is 5.20. The number of benzene rings is 1. The van der Waals surface area contributed by atoms with Crippen LogP contribution < -0.4 is 10.6 Å². The SMILES string of the molecule is CCN(CC)Cc1ccccc1CNC(=NC)NC1CCCC1. The highest BCUT2D eigenvalue weighted by Gasteiger charge is 2.16. The van der Waals surface area contributed by atoms with Crippen LogP contribution in [0.4, 0.5) is 0 Å². The minimum absolute atomic E-state index is 0.590. The highest BCUT2D eigenvalue weighted by atomic mass is 15.2. The number of aliphatic imine (C=N–C) groups is 1. The molecule has 1 aromatic rings. The average Bonchev–Trinajstić information content (AvgIpc) is 3.10. The van der Waals surface area contributed by atoms with Crippen LogP contribution in [-0.4, -0.2) is 37.0 Å². The number of nitrogens with zero attached hydrogens (tertiary/aromatic N) is 2. The van der Waals surface area contributed by atoms with Crippen molar-refractivity contribution in [3.8, 4) is 0 Å². The van der Waals surface area contributed by atoms with Crippen molar-refractivity contribution in [2.75, 3.05) is 20.1 Å². The van der Waals surface area contributed by atoms with Crippen molar-refractivity contribution in [3.05, 3.63) is 35.4 Å². The topological polar surface area (TPSA) is 39.7 Å². The molecule has 2 N–H and O–H groups in total. The van der Waals surface area contributed by atoms with Crippen LogP contribution in [0.2, 0.25) is 0 Å². The Morgan fingerprint density at radius 1 is 1.13 bits per heavy atom. The molecule has 2 rings (SSSR count). The molecule has 0 heterocycles. The second-order valence-corrected chi connectivity index (χ2v) is 6.28. The zero-order valence-corrected chi connectivity index (χ0v) is 14.9. The van der Waals surface area contributed by atoms with Crippen molar-refractivity contribution in [3.63, 3.8) is 0 Å². The van der Waals surface area contributed by atoms with Crippen LogP contribution in [0, 0.1) is 0 Å². The summed E-state index contributed by atoms with van der Waals surface area (Å²) in [5, 5.41) is 7.03. The maximum Gasteiger partial charge on any atom is 0.191 e. The van der Waals surface area contributed by atoms with Crippen LogP contribution in [0.25, 0.3) is 0 Å². The first-order valence-corrected chi connectivity index (χ1v) is 9.03. The van der Waals surface area contributed by atoms with E-state index >= 15 is 0 Å². The van der Waals surface area contributed by atoms with Gasteiger partial charge in [-0.25, -0.2) is 0 Å². The lowest BCUT2D eigenvalue weighted by Crippen LogP contribution is -2.42. The highest BCUT2D eigenvalue weighted by molar-refractivity contribution is 5.80. The van der Waals surface area contributed by atoms with Crippen LogP contribution >= 0.6 is 0 Å². The molecule has 0 aliphatic heterocycles. The van der Waals surface area contributed by atoms with Gasteiger partial charge in [0.15, 0.2) is 5.96 Å². The molecule has 4 heteroatoms. The van der Waals surface area contributed by atoms with Gasteiger partial charge in [0.25, 0.3) is 0 Å². The molecule has 0 aromatic heterocycles. The minimum atomic E-state index is 0.590. The van der Waals surface area contributed by atoms with Crippen molar-refractivity contribution in [2.24, 2.45) is 4.99 Å². The summed E-state index contributed by atoms with van der Waals surface area (Å²) < 4.78 is 0. The lowest BCUT2D eigenvalue weighted by Gasteiger charge is -2.21. The van der Waals surface area contributed by atoms with Crippen molar-refractivity contribution in [2.45, 2.75) is 58.7 Å². The van der Waals surface area contributed by atoms with E-state index in [0.29, 0.717) is 6.04 Å². The van der Waals surface area contributed by atoms with E-state index in [4.69, 9.17) is 0 Å². The van der Waals surface area contributed by atoms with E-state index in [-0.39, 0.29) is 0 Å². The van der Waals surface area contributed by atoms with Gasteiger partial charge in [-0.2, -0.15) is 0 Å². The fourth-order valence-electron chi connectivity index (χ4n) is 3.21. The Morgan fingerprint density at radius 2 is 1.78 bits per heavy atom. The predicted octanol–water partition coefficient (Wildman–Crippen LogP) is 3.14. The van der Waals surface area contributed by atoms with E-state index in [2.05, 4.69) is 58.6 Å². The normalized spacial score (nSPS) is 16.1. The number of nitrogens with one attached hydrogen (secondary N) is 2. The maximum absolute atomic E-state index is 4.37. The second-order valence-electron chi connectivity index (χ2n) is 6.28. The van der Waals surface area contributed by atoms with Crippen LogP contribution in [0.5, 0.6) is 0 Å². The smallest absolute Gasteiger partial charge is 0.191 e. The molecule has 0 radical (unpaired) electrons. The molecular formula is C19H32N4. The van der Waals surface area contributed by atoms with Crippen molar-refractivity contribution >= 4 is 5.96 Å². The number of guanidine groups is 1. The van der Waals surface area contributed by atoms with Crippen molar-refractivity contribution in [1.82, 2.24) is 15.5 Å². The lowest BCUT2D eigenvalue weighted by molar-refractivity contribution is 0.295. The van der Waals surface area contributed by atoms with Crippen molar-refractivity contribution < 1.29 is 0 Å². The number of hydrogen-bond acceptors (Lipinski definition) is 2. The van der Waals surface area contributed by atoms with E-state index in [1.807, 2.05) is 7.05 Å². The summed E-state index contributed by atoms with van der Waals surface area (Å²) in [6, 6.07) is 9.30. The third-order valence-corrected chi connectivity index (χ3v) is 4.77. The standard InChI is InChI=1S/C19H32N4/c1-4-23(5-2)15-17-11-7-6-10-16(17)14-21-19(20-3)22-18-12-8-9-13-18/h6-7,10-11,18H,4-5,8-9,12-15H2,1-3H3,(H2,20,21,22). The maximum atomic E-state index is 4.37. The molecule has 1 aromatic carbocycles. The van der Waals surface area contributed by atoms with Crippen LogP contribution in [-0.2, 0) is 13.1 Å². The molecule has 1 aliphatic carbocycles. The zero-order valence-electron chi connectivity index (χ0n) is 14.9. The van der Waals surface area contributed by atoms with Gasteiger partial charge in [-0.05, 0) is 37.1 Å². The number of hydrogen-bond donors (Lipinski definition) is 2. The summed E-state index contributed by atoms with van der Waals surface area (Å²) >= 11 is 0. The summed E-state index contributed by atoms with van der Waals surface area (Å²) in [5.41, 5.74) is 2.76. The molecule has 1 aliphatic rings. The average molecular weight is 316 g/mol. The Hall–Kier alpha value is -1.55. The van der Waals surface area contributed by atoms with Gasteiger partial charge in [0, 0.05) is 26.2 Å². The molecular weight excluding hydrogens is 284 g/mol. The Balaban J connectivity index is 1.93. The Labute approximate surface area is 141 Å². The van der Waals surface area contributed by atoms with E-state index in [1.54, 1.807) is 0 Å². The van der Waals surface area contributed by atoms with E-state index in [1.165, 1.54) is 36.8 Å². The molecule has 0 spiro atoms. The molecule has 23 heavy (non-hydrogen) atoms. The first kappa shape index (κ1) is 17.8. The van der Waals surface area contributed by atoms with Gasteiger partial charge in [-0.1, -0.05) is 51.0 Å². The molecule has 0 saturated heterocycles. The van der Waals surface area contributed by atoms with Gasteiger partial charge < -0.3 is 10.6 Å². The summed E-state index contributed by atoms with van der Waals surface area (Å²) in [7, 11) is 1.85. The third-order valence-electron chi connectivity index (χ3n) is 4.77. The third kappa shape index (κ3) is 5.54. The monoisotopic (exact) mass is 316 g/mol. The molecule has 128 valence electrons. The number of rotatable bonds is 7. The molecule has 0 amide bonds. The fourth-order valence-corrected chi connectivity index (χ4v) is 3.21. The van der Waals surface area contributed by atoms with E-state index in [9.17, 15) is 0 Å². The van der Waals surface area contributed by atoms with E-state index in [0.717, 1.165) is 32.1 Å². The van der Waals surface area contributed by atoms with Gasteiger partial charge >= 0.3 is 0 Å². The van der Waals surface area contributed by atoms with Gasteiger partial charge in [0.05, 0.1) is 0 Å². The van der Waals surface area contributed by atoms with Crippen LogP contribution in [0.15, 0.2) is 29.3 Å². The van der Waals surface area contributed by atoms with Gasteiger partial charge in [-0.15, -0.1) is 0 Å². The molecule has 0 atom stereocenters. The van der Waals surface area contributed by atoms with E-state index < -0.39 is 0 Å². The summed E-state index contributed by atoms with van der Waals surface area (Å²) in [5.74, 6) is 0.926. The summed E-state index contributed by atoms with van der Waals surface area (Å²) in [4.78, 5) is 6.82. The summed E-state index contributed by atoms with van der Waals surface area (Å²) in [6.45, 7) is 8.45. The van der Waals surface area contributed by atoms with Crippen molar-refractivity contribution in [1.29, 1.82) is 0 Å². The second kappa shape index (κ2) is 9.56. The molecule has 0 bridgehead atoms. The van der Waals surface area contributed by atoms with Gasteiger partial charge in [-0.3, -0.25) is 9.89 Å². The fraction of sp³-hybridized carbons (Fsp3) is 0.632. The quantitative estimate of drug-likeness (QED) is 0.600. The zero-order chi connectivity index (χ0) is 16.5. The first-order valence-electron chi connectivity index (χ1n) is 9.03. The molecule has 1 saturated carbocycles. The Morgan fingerprint density at radius 3 is 2.39 bits per heavy atom. The lowest BCUT2D eigenvalue weighted by atomic mass is 10.1. The van der Waals surface area contributed by atoms with Gasteiger partial charge in [0.1, 0.15) is 0 Å². The Bertz CT molecular complexity index is 488. The first-order chi connectivity index (χ1) is 11.3. The predicted molar refractivity (Wildman–Crippen MR) is 98.7 cm³/mol. The molecule has 0 unspecified atom stereocenters. The highest BCUT2D eigenvalue weighted by Crippen LogP contribution is 2.17. The molecule has 4 nitrogen and oxygen atoms in total. The largest absolute Gasteiger partial charge is 0.354 e. The minimum Gasteiger partial charge on any atom is -0.354 e. The van der Waals surface area contributed by atoms with Crippen LogP contribution in [0.1, 0.15) is 50.7 Å².